The number of rotatable bonds is 7. The maximum Gasteiger partial charge on any atom is 0.247 e. The summed E-state index contributed by atoms with van der Waals surface area (Å²) in [6.45, 7) is 0.496. The molecule has 0 unspecified atom stereocenters. The molecule has 1 aromatic heterocycles. The minimum atomic E-state index is -0.0157. The van der Waals surface area contributed by atoms with Gasteiger partial charge in [0, 0.05) is 23.9 Å². The number of hydrogen-bond donors (Lipinski definition) is 0. The first kappa shape index (κ1) is 17.0. The Kier molecular flexibility index (Phi) is 5.33. The number of amides is 1. The van der Waals surface area contributed by atoms with Crippen LogP contribution in [0.5, 0.6) is 11.5 Å². The summed E-state index contributed by atoms with van der Waals surface area (Å²) in [5.74, 6) is 1.49. The summed E-state index contributed by atoms with van der Waals surface area (Å²) in [5, 5.41) is 0. The Bertz CT molecular complexity index is 755. The molecular weight excluding hydrogens is 316 g/mol. The molecule has 0 spiro atoms. The van der Waals surface area contributed by atoms with Crippen molar-refractivity contribution in [1.29, 1.82) is 0 Å². The number of nitrogens with zero attached hydrogens (tertiary/aromatic N) is 2. The van der Waals surface area contributed by atoms with Crippen LogP contribution in [0.15, 0.2) is 48.7 Å². The number of aromatic nitrogens is 1. The highest BCUT2D eigenvalue weighted by atomic mass is 16.5. The van der Waals surface area contributed by atoms with Crippen LogP contribution in [0.4, 0.5) is 0 Å². The number of pyridine rings is 1. The SMILES string of the molecule is COc1ccc(OC)c(CN(C(=O)/C=C/c2ccccn2)C2CC2)c1. The van der Waals surface area contributed by atoms with E-state index in [9.17, 15) is 4.79 Å². The Balaban J connectivity index is 1.78. The van der Waals surface area contributed by atoms with Crippen molar-refractivity contribution in [1.82, 2.24) is 9.88 Å². The van der Waals surface area contributed by atoms with Crippen LogP contribution in [-0.2, 0) is 11.3 Å². The van der Waals surface area contributed by atoms with Crippen molar-refractivity contribution in [2.75, 3.05) is 14.2 Å². The molecule has 2 aromatic rings. The molecule has 5 nitrogen and oxygen atoms in total. The van der Waals surface area contributed by atoms with Gasteiger partial charge < -0.3 is 14.4 Å². The predicted octanol–water partition coefficient (Wildman–Crippen LogP) is 3.30. The van der Waals surface area contributed by atoms with Crippen LogP contribution in [0.1, 0.15) is 24.1 Å². The van der Waals surface area contributed by atoms with Gasteiger partial charge in [-0.3, -0.25) is 9.78 Å². The van der Waals surface area contributed by atoms with E-state index >= 15 is 0 Å². The third kappa shape index (κ3) is 4.38. The minimum Gasteiger partial charge on any atom is -0.497 e. The fraction of sp³-hybridized carbons (Fsp3) is 0.300. The molecule has 0 bridgehead atoms. The van der Waals surface area contributed by atoms with Crippen molar-refractivity contribution in [2.45, 2.75) is 25.4 Å². The molecule has 0 atom stereocenters. The second kappa shape index (κ2) is 7.83. The van der Waals surface area contributed by atoms with Crippen molar-refractivity contribution < 1.29 is 14.3 Å². The first-order valence-electron chi connectivity index (χ1n) is 8.32. The lowest BCUT2D eigenvalue weighted by Crippen LogP contribution is -2.31. The second-order valence-corrected chi connectivity index (χ2v) is 5.96. The van der Waals surface area contributed by atoms with Gasteiger partial charge >= 0.3 is 0 Å². The summed E-state index contributed by atoms with van der Waals surface area (Å²) >= 11 is 0. The van der Waals surface area contributed by atoms with E-state index in [1.165, 1.54) is 0 Å². The highest BCUT2D eigenvalue weighted by molar-refractivity contribution is 5.92. The van der Waals surface area contributed by atoms with Crippen LogP contribution < -0.4 is 9.47 Å². The zero-order chi connectivity index (χ0) is 17.6. The second-order valence-electron chi connectivity index (χ2n) is 5.96. The summed E-state index contributed by atoms with van der Waals surface area (Å²) < 4.78 is 10.7. The fourth-order valence-corrected chi connectivity index (χ4v) is 2.69. The largest absolute Gasteiger partial charge is 0.497 e. The first-order valence-corrected chi connectivity index (χ1v) is 8.32. The molecule has 1 aromatic carbocycles. The first-order chi connectivity index (χ1) is 12.2. The lowest BCUT2D eigenvalue weighted by Gasteiger charge is -2.22. The summed E-state index contributed by atoms with van der Waals surface area (Å²) in [5.41, 5.74) is 1.71. The molecule has 0 N–H and O–H groups in total. The van der Waals surface area contributed by atoms with Gasteiger partial charge in [-0.05, 0) is 49.2 Å². The molecule has 3 rings (SSSR count). The Labute approximate surface area is 147 Å². The van der Waals surface area contributed by atoms with E-state index in [0.29, 0.717) is 6.54 Å². The number of carbonyl (C=O) groups is 1. The molecule has 5 heteroatoms. The van der Waals surface area contributed by atoms with Crippen molar-refractivity contribution in [2.24, 2.45) is 0 Å². The fourth-order valence-electron chi connectivity index (χ4n) is 2.69. The molecule has 0 saturated heterocycles. The number of carbonyl (C=O) groups excluding carboxylic acids is 1. The summed E-state index contributed by atoms with van der Waals surface area (Å²) in [7, 11) is 3.26. The Hall–Kier alpha value is -2.82. The van der Waals surface area contributed by atoms with Crippen molar-refractivity contribution in [3.8, 4) is 11.5 Å². The van der Waals surface area contributed by atoms with Crippen LogP contribution in [0.25, 0.3) is 6.08 Å². The molecule has 25 heavy (non-hydrogen) atoms. The lowest BCUT2D eigenvalue weighted by atomic mass is 10.1. The zero-order valence-corrected chi connectivity index (χ0v) is 14.5. The lowest BCUT2D eigenvalue weighted by molar-refractivity contribution is -0.127. The topological polar surface area (TPSA) is 51.7 Å². The van der Waals surface area contributed by atoms with Gasteiger partial charge in [-0.25, -0.2) is 0 Å². The maximum absolute atomic E-state index is 12.7. The van der Waals surface area contributed by atoms with Gasteiger partial charge in [-0.2, -0.15) is 0 Å². The van der Waals surface area contributed by atoms with Crippen molar-refractivity contribution in [3.05, 3.63) is 59.9 Å². The molecule has 1 amide bonds. The zero-order valence-electron chi connectivity index (χ0n) is 14.5. The van der Waals surface area contributed by atoms with E-state index in [1.54, 1.807) is 32.6 Å². The smallest absolute Gasteiger partial charge is 0.247 e. The van der Waals surface area contributed by atoms with Crippen LogP contribution in [0.3, 0.4) is 0 Å². The molecular formula is C20H22N2O3. The van der Waals surface area contributed by atoms with E-state index in [-0.39, 0.29) is 11.9 Å². The van der Waals surface area contributed by atoms with Gasteiger partial charge in [0.25, 0.3) is 0 Å². The summed E-state index contributed by atoms with van der Waals surface area (Å²) in [6, 6.07) is 11.6. The van der Waals surface area contributed by atoms with Gasteiger partial charge in [0.2, 0.25) is 5.91 Å². The average Bonchev–Trinajstić information content (AvgIpc) is 3.49. The Morgan fingerprint density at radius 2 is 2.08 bits per heavy atom. The minimum absolute atomic E-state index is 0.0157. The number of benzene rings is 1. The molecule has 1 aliphatic rings. The molecule has 0 aliphatic heterocycles. The van der Waals surface area contributed by atoms with Crippen molar-refractivity contribution >= 4 is 12.0 Å². The molecule has 1 fully saturated rings. The average molecular weight is 338 g/mol. The molecule has 1 aliphatic carbocycles. The Morgan fingerprint density at radius 1 is 1.24 bits per heavy atom. The third-order valence-corrected chi connectivity index (χ3v) is 4.18. The highest BCUT2D eigenvalue weighted by Crippen LogP contribution is 2.32. The van der Waals surface area contributed by atoms with Crippen molar-refractivity contribution in [3.63, 3.8) is 0 Å². The molecule has 0 radical (unpaired) electrons. The Morgan fingerprint density at radius 3 is 2.72 bits per heavy atom. The molecule has 1 heterocycles. The number of methoxy groups -OCH3 is 2. The van der Waals surface area contributed by atoms with Crippen LogP contribution >= 0.6 is 0 Å². The quantitative estimate of drug-likeness (QED) is 0.727. The number of hydrogen-bond acceptors (Lipinski definition) is 4. The van der Waals surface area contributed by atoms with E-state index in [1.807, 2.05) is 41.3 Å². The molecule has 130 valence electrons. The number of ether oxygens (including phenoxy) is 2. The van der Waals surface area contributed by atoms with E-state index in [0.717, 1.165) is 35.6 Å². The van der Waals surface area contributed by atoms with Gasteiger partial charge in [0.1, 0.15) is 11.5 Å². The predicted molar refractivity (Wildman–Crippen MR) is 96.4 cm³/mol. The molecule has 1 saturated carbocycles. The third-order valence-electron chi connectivity index (χ3n) is 4.18. The summed E-state index contributed by atoms with van der Waals surface area (Å²) in [4.78, 5) is 18.8. The maximum atomic E-state index is 12.7. The van der Waals surface area contributed by atoms with Crippen LogP contribution in [0.2, 0.25) is 0 Å². The highest BCUT2D eigenvalue weighted by Gasteiger charge is 2.32. The van der Waals surface area contributed by atoms with Gasteiger partial charge in [-0.15, -0.1) is 0 Å². The normalized spacial score (nSPS) is 13.7. The van der Waals surface area contributed by atoms with E-state index in [2.05, 4.69) is 4.98 Å². The van der Waals surface area contributed by atoms with E-state index in [4.69, 9.17) is 9.47 Å². The van der Waals surface area contributed by atoms with Gasteiger partial charge in [-0.1, -0.05) is 6.07 Å². The van der Waals surface area contributed by atoms with Gasteiger partial charge in [0.05, 0.1) is 26.5 Å². The van der Waals surface area contributed by atoms with Crippen LogP contribution in [0, 0.1) is 0 Å². The van der Waals surface area contributed by atoms with Gasteiger partial charge in [0.15, 0.2) is 0 Å². The summed E-state index contributed by atoms with van der Waals surface area (Å²) in [6.07, 6.45) is 7.13. The van der Waals surface area contributed by atoms with E-state index < -0.39 is 0 Å². The monoisotopic (exact) mass is 338 g/mol. The standard InChI is InChI=1S/C20H22N2O3/c1-24-18-9-10-19(25-2)15(13-18)14-22(17-7-8-17)20(23)11-6-16-5-3-4-12-21-16/h3-6,9-13,17H,7-8,14H2,1-2H3/b11-6+. The van der Waals surface area contributed by atoms with Crippen LogP contribution in [-0.4, -0.2) is 36.1 Å².